The van der Waals surface area contributed by atoms with Crippen molar-refractivity contribution in [1.82, 2.24) is 19.8 Å². The number of sulfonamides is 1. The van der Waals surface area contributed by atoms with Gasteiger partial charge in [-0.15, -0.1) is 0 Å². The zero-order valence-corrected chi connectivity index (χ0v) is 19.1. The van der Waals surface area contributed by atoms with E-state index in [0.717, 1.165) is 44.7 Å². The monoisotopic (exact) mass is 444 g/mol. The molecule has 1 saturated heterocycles. The molecule has 0 spiro atoms. The summed E-state index contributed by atoms with van der Waals surface area (Å²) in [7, 11) is -1.60. The molecule has 2 N–H and O–H groups in total. The maximum absolute atomic E-state index is 12.8. The zero-order valence-electron chi connectivity index (χ0n) is 18.3. The van der Waals surface area contributed by atoms with Crippen LogP contribution in [0.4, 0.5) is 0 Å². The van der Waals surface area contributed by atoms with Crippen molar-refractivity contribution in [2.75, 3.05) is 46.3 Å². The number of nitrogens with one attached hydrogen (secondary N) is 2. The topological polar surface area (TPSA) is 81.8 Å². The molecule has 1 aliphatic heterocycles. The van der Waals surface area contributed by atoms with Crippen LogP contribution in [-0.2, 0) is 16.6 Å². The second-order valence-corrected chi connectivity index (χ2v) is 9.78. The van der Waals surface area contributed by atoms with Crippen LogP contribution in [0.5, 0.6) is 0 Å². The number of piperazine rings is 1. The largest absolute Gasteiger partial charge is 0.352 e. The summed E-state index contributed by atoms with van der Waals surface area (Å²) < 4.78 is 28.2. The summed E-state index contributed by atoms with van der Waals surface area (Å²) in [4.78, 5) is 17.4. The van der Waals surface area contributed by atoms with Gasteiger partial charge in [-0.25, -0.2) is 13.1 Å². The predicted molar refractivity (Wildman–Crippen MR) is 123 cm³/mol. The van der Waals surface area contributed by atoms with Crippen molar-refractivity contribution >= 4 is 15.9 Å². The summed E-state index contributed by atoms with van der Waals surface area (Å²) in [5.41, 5.74) is 1.83. The fraction of sp³-hybridized carbons (Fsp3) is 0.435. The molecule has 7 nitrogen and oxygen atoms in total. The highest BCUT2D eigenvalue weighted by Crippen LogP contribution is 2.17. The van der Waals surface area contributed by atoms with Crippen molar-refractivity contribution in [2.24, 2.45) is 0 Å². The minimum absolute atomic E-state index is 0.133. The molecule has 2 aromatic rings. The third-order valence-corrected chi connectivity index (χ3v) is 7.12. The van der Waals surface area contributed by atoms with Crippen LogP contribution in [0.3, 0.4) is 0 Å². The predicted octanol–water partition coefficient (Wildman–Crippen LogP) is 1.84. The highest BCUT2D eigenvalue weighted by Gasteiger charge is 2.19. The van der Waals surface area contributed by atoms with Crippen molar-refractivity contribution in [2.45, 2.75) is 24.8 Å². The maximum Gasteiger partial charge on any atom is 0.251 e. The van der Waals surface area contributed by atoms with Gasteiger partial charge in [-0.2, -0.15) is 0 Å². The molecule has 0 aliphatic carbocycles. The van der Waals surface area contributed by atoms with Gasteiger partial charge in [-0.3, -0.25) is 4.79 Å². The lowest BCUT2D eigenvalue weighted by Crippen LogP contribution is -2.45. The van der Waals surface area contributed by atoms with E-state index in [1.165, 1.54) is 6.07 Å². The SMILES string of the molecule is Cc1ccc(C(=O)NCCCN2CCN(C)CC2)cc1S(=O)(=O)NCc1ccccc1. The molecule has 3 rings (SSSR count). The van der Waals surface area contributed by atoms with Gasteiger partial charge in [-0.05, 0) is 50.2 Å². The van der Waals surface area contributed by atoms with Gasteiger partial charge in [0.25, 0.3) is 5.91 Å². The average molecular weight is 445 g/mol. The number of nitrogens with zero attached hydrogens (tertiary/aromatic N) is 2. The normalized spacial score (nSPS) is 15.7. The van der Waals surface area contributed by atoms with Crippen molar-refractivity contribution in [3.63, 3.8) is 0 Å². The molecular formula is C23H32N4O3S. The van der Waals surface area contributed by atoms with Gasteiger partial charge in [0.1, 0.15) is 0 Å². The molecule has 0 bridgehead atoms. The van der Waals surface area contributed by atoms with Crippen LogP contribution in [0.2, 0.25) is 0 Å². The Balaban J connectivity index is 1.54. The Hall–Kier alpha value is -2.26. The Labute approximate surface area is 185 Å². The van der Waals surface area contributed by atoms with E-state index in [2.05, 4.69) is 26.9 Å². The molecule has 1 heterocycles. The molecular weight excluding hydrogens is 412 g/mol. The number of carbonyl (C=O) groups excluding carboxylic acids is 1. The van der Waals surface area contributed by atoms with Crippen LogP contribution in [0.1, 0.15) is 27.9 Å². The number of hydrogen-bond donors (Lipinski definition) is 2. The molecule has 0 saturated carbocycles. The number of likely N-dealkylation sites (N-methyl/N-ethyl adjacent to an activating group) is 1. The second kappa shape index (κ2) is 10.9. The quantitative estimate of drug-likeness (QED) is 0.577. The summed E-state index contributed by atoms with van der Waals surface area (Å²) in [5, 5.41) is 2.91. The van der Waals surface area contributed by atoms with E-state index >= 15 is 0 Å². The maximum atomic E-state index is 12.8. The Morgan fingerprint density at radius 2 is 1.74 bits per heavy atom. The van der Waals surface area contributed by atoms with Crippen LogP contribution in [0, 0.1) is 6.92 Å². The second-order valence-electron chi connectivity index (χ2n) is 8.04. The van der Waals surface area contributed by atoms with Crippen molar-refractivity contribution in [3.8, 4) is 0 Å². The Morgan fingerprint density at radius 1 is 1.03 bits per heavy atom. The third kappa shape index (κ3) is 6.87. The minimum atomic E-state index is -3.73. The number of carbonyl (C=O) groups is 1. The lowest BCUT2D eigenvalue weighted by Gasteiger charge is -2.32. The molecule has 2 aromatic carbocycles. The van der Waals surface area contributed by atoms with E-state index in [9.17, 15) is 13.2 Å². The molecule has 168 valence electrons. The molecule has 0 radical (unpaired) electrons. The van der Waals surface area contributed by atoms with Crippen LogP contribution < -0.4 is 10.0 Å². The van der Waals surface area contributed by atoms with Gasteiger partial charge in [0.2, 0.25) is 10.0 Å². The van der Waals surface area contributed by atoms with Gasteiger partial charge < -0.3 is 15.1 Å². The first-order chi connectivity index (χ1) is 14.8. The third-order valence-electron chi connectivity index (χ3n) is 5.58. The van der Waals surface area contributed by atoms with Crippen LogP contribution in [0.15, 0.2) is 53.4 Å². The van der Waals surface area contributed by atoms with E-state index in [1.54, 1.807) is 19.1 Å². The Bertz CT molecular complexity index is 972. The highest BCUT2D eigenvalue weighted by atomic mass is 32.2. The van der Waals surface area contributed by atoms with Gasteiger partial charge in [0, 0.05) is 44.8 Å². The van der Waals surface area contributed by atoms with Crippen LogP contribution in [0.25, 0.3) is 0 Å². The van der Waals surface area contributed by atoms with Gasteiger partial charge >= 0.3 is 0 Å². The van der Waals surface area contributed by atoms with Gasteiger partial charge in [-0.1, -0.05) is 36.4 Å². The highest BCUT2D eigenvalue weighted by molar-refractivity contribution is 7.89. The lowest BCUT2D eigenvalue weighted by atomic mass is 10.1. The zero-order chi connectivity index (χ0) is 22.3. The fourth-order valence-corrected chi connectivity index (χ4v) is 4.85. The van der Waals surface area contributed by atoms with Crippen LogP contribution >= 0.6 is 0 Å². The molecule has 0 unspecified atom stereocenters. The van der Waals surface area contributed by atoms with E-state index in [4.69, 9.17) is 0 Å². The Kier molecular flexibility index (Phi) is 8.20. The van der Waals surface area contributed by atoms with E-state index in [0.29, 0.717) is 17.7 Å². The molecule has 1 amide bonds. The van der Waals surface area contributed by atoms with E-state index < -0.39 is 10.0 Å². The van der Waals surface area contributed by atoms with Crippen molar-refractivity contribution in [3.05, 3.63) is 65.2 Å². The molecule has 1 fully saturated rings. The smallest absolute Gasteiger partial charge is 0.251 e. The number of amides is 1. The summed E-state index contributed by atoms with van der Waals surface area (Å²) in [5.74, 6) is -0.252. The van der Waals surface area contributed by atoms with Gasteiger partial charge in [0.05, 0.1) is 4.90 Å². The van der Waals surface area contributed by atoms with Crippen molar-refractivity contribution in [1.29, 1.82) is 0 Å². The number of benzene rings is 2. The first-order valence-corrected chi connectivity index (χ1v) is 12.2. The summed E-state index contributed by atoms with van der Waals surface area (Å²) >= 11 is 0. The molecule has 1 aliphatic rings. The standard InChI is InChI=1S/C23H32N4O3S/c1-19-9-10-21(23(28)24-11-6-12-27-15-13-26(2)14-16-27)17-22(19)31(29,30)25-18-20-7-4-3-5-8-20/h3-5,7-10,17,25H,6,11-16,18H2,1-2H3,(H,24,28). The number of hydrogen-bond acceptors (Lipinski definition) is 5. The molecule has 0 aromatic heterocycles. The van der Waals surface area contributed by atoms with Gasteiger partial charge in [0.15, 0.2) is 0 Å². The first kappa shape index (κ1) is 23.4. The molecule has 8 heteroatoms. The fourth-order valence-electron chi connectivity index (χ4n) is 3.56. The summed E-state index contributed by atoms with van der Waals surface area (Å²) in [6.07, 6.45) is 0.866. The Morgan fingerprint density at radius 3 is 2.45 bits per heavy atom. The summed E-state index contributed by atoms with van der Waals surface area (Å²) in [6.45, 7) is 7.70. The van der Waals surface area contributed by atoms with E-state index in [-0.39, 0.29) is 17.3 Å². The molecule has 0 atom stereocenters. The summed E-state index contributed by atoms with van der Waals surface area (Å²) in [6, 6.07) is 14.1. The minimum Gasteiger partial charge on any atom is -0.352 e. The number of rotatable bonds is 9. The lowest BCUT2D eigenvalue weighted by molar-refractivity contribution is 0.0949. The van der Waals surface area contributed by atoms with E-state index in [1.807, 2.05) is 30.3 Å². The first-order valence-electron chi connectivity index (χ1n) is 10.7. The average Bonchev–Trinajstić information content (AvgIpc) is 2.77. The number of aryl methyl sites for hydroxylation is 1. The van der Waals surface area contributed by atoms with Crippen LogP contribution in [-0.4, -0.2) is 70.4 Å². The molecule has 31 heavy (non-hydrogen) atoms. The van der Waals surface area contributed by atoms with Crippen molar-refractivity contribution < 1.29 is 13.2 Å².